The Morgan fingerprint density at radius 2 is 1.76 bits per heavy atom. The number of benzene rings is 1. The second kappa shape index (κ2) is 5.04. The van der Waals surface area contributed by atoms with Crippen LogP contribution < -0.4 is 5.32 Å². The molecule has 3 fully saturated rings. The van der Waals surface area contributed by atoms with Crippen LogP contribution in [0, 0.1) is 35.5 Å². The maximum absolute atomic E-state index is 12.9. The lowest BCUT2D eigenvalue weighted by atomic mass is 9.63. The molecule has 1 aliphatic heterocycles. The van der Waals surface area contributed by atoms with Gasteiger partial charge in [-0.05, 0) is 49.1 Å². The van der Waals surface area contributed by atoms with Gasteiger partial charge in [-0.25, -0.2) is 0 Å². The van der Waals surface area contributed by atoms with Gasteiger partial charge in [0.25, 0.3) is 0 Å². The predicted molar refractivity (Wildman–Crippen MR) is 91.5 cm³/mol. The summed E-state index contributed by atoms with van der Waals surface area (Å²) in [4.78, 5) is 38.6. The highest BCUT2D eigenvalue weighted by Crippen LogP contribution is 2.65. The van der Waals surface area contributed by atoms with Gasteiger partial charge in [-0.2, -0.15) is 0 Å². The fourth-order valence-corrected chi connectivity index (χ4v) is 5.19. The second-order valence-corrected chi connectivity index (χ2v) is 7.73. The molecule has 1 N–H and O–H groups in total. The lowest BCUT2D eigenvalue weighted by molar-refractivity contribution is -0.139. The summed E-state index contributed by atoms with van der Waals surface area (Å²) in [7, 11) is 0. The summed E-state index contributed by atoms with van der Waals surface area (Å²) in [6.07, 6.45) is 5.53. The summed E-state index contributed by atoms with van der Waals surface area (Å²) in [6.45, 7) is 1.69. The van der Waals surface area contributed by atoms with Crippen molar-refractivity contribution in [3.8, 4) is 0 Å². The molecule has 0 unspecified atom stereocenters. The molecule has 2 saturated carbocycles. The van der Waals surface area contributed by atoms with Crippen molar-refractivity contribution in [3.05, 3.63) is 42.0 Å². The predicted octanol–water partition coefficient (Wildman–Crippen LogP) is 2.31. The number of nitrogens with one attached hydrogen (secondary N) is 1. The van der Waals surface area contributed by atoms with E-state index in [1.165, 1.54) is 18.2 Å². The molecule has 1 aromatic rings. The number of imide groups is 1. The standard InChI is InChI=1S/C20H20N2O3/c1-10(23)11-3-2-4-12(7-11)21-9-22-19(24)17-13-5-6-14(16-8-15(13)16)18(17)20(22)25/h2-7,13-18,21H,8-9H2,1H3/t13-,14-,15-,16-,17+,18+/m1/s1. The summed E-state index contributed by atoms with van der Waals surface area (Å²) in [5, 5.41) is 3.14. The molecule has 4 aliphatic carbocycles. The molecular formula is C20H20N2O3. The Morgan fingerprint density at radius 1 is 1.12 bits per heavy atom. The first kappa shape index (κ1) is 14.9. The lowest BCUT2D eigenvalue weighted by Gasteiger charge is -2.37. The van der Waals surface area contributed by atoms with Gasteiger partial charge in [0.15, 0.2) is 5.78 Å². The lowest BCUT2D eigenvalue weighted by Crippen LogP contribution is -2.40. The Labute approximate surface area is 146 Å². The van der Waals surface area contributed by atoms with Gasteiger partial charge in [-0.15, -0.1) is 0 Å². The monoisotopic (exact) mass is 336 g/mol. The van der Waals surface area contributed by atoms with Crippen molar-refractivity contribution < 1.29 is 14.4 Å². The van der Waals surface area contributed by atoms with Crippen molar-refractivity contribution in [2.24, 2.45) is 35.5 Å². The van der Waals surface area contributed by atoms with E-state index in [0.717, 1.165) is 5.69 Å². The number of anilines is 1. The van der Waals surface area contributed by atoms with Gasteiger partial charge in [-0.1, -0.05) is 24.3 Å². The van der Waals surface area contributed by atoms with Crippen molar-refractivity contribution in [3.63, 3.8) is 0 Å². The van der Waals surface area contributed by atoms with Crippen molar-refractivity contribution in [2.45, 2.75) is 13.3 Å². The van der Waals surface area contributed by atoms with E-state index in [0.29, 0.717) is 17.4 Å². The molecule has 1 aromatic carbocycles. The Morgan fingerprint density at radius 3 is 2.36 bits per heavy atom. The molecule has 5 nitrogen and oxygen atoms in total. The fraction of sp³-hybridized carbons (Fsp3) is 0.450. The molecule has 0 radical (unpaired) electrons. The highest BCUT2D eigenvalue weighted by molar-refractivity contribution is 6.06. The van der Waals surface area contributed by atoms with E-state index in [1.807, 2.05) is 6.07 Å². The first-order chi connectivity index (χ1) is 12.1. The van der Waals surface area contributed by atoms with E-state index in [4.69, 9.17) is 0 Å². The van der Waals surface area contributed by atoms with Crippen LogP contribution in [-0.2, 0) is 9.59 Å². The Balaban J connectivity index is 1.34. The van der Waals surface area contributed by atoms with Gasteiger partial charge in [0, 0.05) is 11.3 Å². The van der Waals surface area contributed by atoms with Crippen LogP contribution in [0.5, 0.6) is 0 Å². The second-order valence-electron chi connectivity index (χ2n) is 7.73. The molecule has 128 valence electrons. The quantitative estimate of drug-likeness (QED) is 0.520. The van der Waals surface area contributed by atoms with Gasteiger partial charge >= 0.3 is 0 Å². The molecule has 5 aliphatic rings. The number of hydrogen-bond donors (Lipinski definition) is 1. The first-order valence-corrected chi connectivity index (χ1v) is 8.94. The molecule has 0 aromatic heterocycles. The van der Waals surface area contributed by atoms with Gasteiger partial charge in [0.2, 0.25) is 11.8 Å². The van der Waals surface area contributed by atoms with Crippen LogP contribution in [-0.4, -0.2) is 29.2 Å². The van der Waals surface area contributed by atoms with Gasteiger partial charge < -0.3 is 5.32 Å². The van der Waals surface area contributed by atoms with Crippen LogP contribution in [0.2, 0.25) is 0 Å². The minimum Gasteiger partial charge on any atom is -0.367 e. The number of hydrogen-bond acceptors (Lipinski definition) is 4. The molecule has 1 heterocycles. The number of carbonyl (C=O) groups excluding carboxylic acids is 3. The molecule has 0 spiro atoms. The topological polar surface area (TPSA) is 66.5 Å². The van der Waals surface area contributed by atoms with Crippen LogP contribution in [0.25, 0.3) is 0 Å². The zero-order chi connectivity index (χ0) is 17.3. The molecule has 6 rings (SSSR count). The number of rotatable bonds is 4. The summed E-state index contributed by atoms with van der Waals surface area (Å²) in [5.74, 6) is 1.36. The molecule has 5 heteroatoms. The average Bonchev–Trinajstić information content (AvgIpc) is 3.39. The van der Waals surface area contributed by atoms with Gasteiger partial charge in [0.1, 0.15) is 0 Å². The number of likely N-dealkylation sites (tertiary alicyclic amines) is 1. The van der Waals surface area contributed by atoms with Gasteiger partial charge in [-0.3, -0.25) is 19.3 Å². The average molecular weight is 336 g/mol. The van der Waals surface area contributed by atoms with Crippen LogP contribution >= 0.6 is 0 Å². The van der Waals surface area contributed by atoms with Gasteiger partial charge in [0.05, 0.1) is 18.5 Å². The van der Waals surface area contributed by atoms with E-state index >= 15 is 0 Å². The number of nitrogens with zero attached hydrogens (tertiary/aromatic N) is 1. The molecule has 1 saturated heterocycles. The Bertz CT molecular complexity index is 794. The van der Waals surface area contributed by atoms with E-state index in [-0.39, 0.29) is 47.9 Å². The SMILES string of the molecule is CC(=O)c1cccc(NCN2C(=O)[C@H]3[C@@H]4C=C[C@H]([C@H]5C[C@H]45)[C@@H]3C2=O)c1. The van der Waals surface area contributed by atoms with Crippen molar-refractivity contribution >= 4 is 23.3 Å². The van der Waals surface area contributed by atoms with E-state index in [2.05, 4.69) is 17.5 Å². The van der Waals surface area contributed by atoms with Crippen LogP contribution in [0.4, 0.5) is 5.69 Å². The van der Waals surface area contributed by atoms with Crippen LogP contribution in [0.1, 0.15) is 23.7 Å². The van der Waals surface area contributed by atoms with Crippen molar-refractivity contribution in [1.29, 1.82) is 0 Å². The summed E-state index contributed by atoms with van der Waals surface area (Å²) < 4.78 is 0. The zero-order valence-electron chi connectivity index (χ0n) is 14.0. The molecule has 2 bridgehead atoms. The molecular weight excluding hydrogens is 316 g/mol. The number of carbonyl (C=O) groups is 3. The summed E-state index contributed by atoms with van der Waals surface area (Å²) in [5.41, 5.74) is 1.35. The molecule has 2 amide bonds. The first-order valence-electron chi connectivity index (χ1n) is 8.94. The normalized spacial score (nSPS) is 37.1. The van der Waals surface area contributed by atoms with Crippen molar-refractivity contribution in [1.82, 2.24) is 4.90 Å². The summed E-state index contributed by atoms with van der Waals surface area (Å²) >= 11 is 0. The fourth-order valence-electron chi connectivity index (χ4n) is 5.19. The minimum atomic E-state index is -0.156. The number of Topliss-reactive ketones (excluding diaryl/α,β-unsaturated/α-hetero) is 1. The molecule has 25 heavy (non-hydrogen) atoms. The highest BCUT2D eigenvalue weighted by atomic mass is 16.2. The maximum atomic E-state index is 12.9. The van der Waals surface area contributed by atoms with E-state index < -0.39 is 0 Å². The Kier molecular flexibility index (Phi) is 3.00. The third-order valence-electron chi connectivity index (χ3n) is 6.46. The molecule has 6 atom stereocenters. The third-order valence-corrected chi connectivity index (χ3v) is 6.46. The summed E-state index contributed by atoms with van der Waals surface area (Å²) in [6, 6.07) is 7.14. The third kappa shape index (κ3) is 2.04. The number of amides is 2. The van der Waals surface area contributed by atoms with Crippen molar-refractivity contribution in [2.75, 3.05) is 12.0 Å². The minimum absolute atomic E-state index is 0.00938. The number of ketones is 1. The zero-order valence-corrected chi connectivity index (χ0v) is 14.0. The Hall–Kier alpha value is -2.43. The van der Waals surface area contributed by atoms with E-state index in [1.54, 1.807) is 18.2 Å². The maximum Gasteiger partial charge on any atom is 0.235 e. The number of allylic oxidation sites excluding steroid dienone is 2. The van der Waals surface area contributed by atoms with Crippen LogP contribution in [0.15, 0.2) is 36.4 Å². The van der Waals surface area contributed by atoms with Crippen LogP contribution in [0.3, 0.4) is 0 Å². The largest absolute Gasteiger partial charge is 0.367 e. The van der Waals surface area contributed by atoms with E-state index in [9.17, 15) is 14.4 Å². The highest BCUT2D eigenvalue weighted by Gasteiger charge is 2.66. The smallest absolute Gasteiger partial charge is 0.235 e.